The van der Waals surface area contributed by atoms with Crippen molar-refractivity contribution in [2.45, 2.75) is 18.9 Å². The molecule has 1 unspecified atom stereocenters. The molecule has 5 nitrogen and oxygen atoms in total. The Hall–Kier alpha value is -1.75. The van der Waals surface area contributed by atoms with Gasteiger partial charge in [0.2, 0.25) is 0 Å². The number of hydrogen-bond acceptors (Lipinski definition) is 4. The number of nitrogens with zero attached hydrogens (tertiary/aromatic N) is 1. The predicted octanol–water partition coefficient (Wildman–Crippen LogP) is 1.41. The highest BCUT2D eigenvalue weighted by atomic mass is 16.5. The SMILES string of the molecule is COc1c(CC(=O)O)cccc1OC1CCN(C)C1. The minimum atomic E-state index is -0.879. The van der Waals surface area contributed by atoms with Crippen LogP contribution in [0.3, 0.4) is 0 Å². The van der Waals surface area contributed by atoms with E-state index in [0.29, 0.717) is 17.1 Å². The maximum Gasteiger partial charge on any atom is 0.307 e. The zero-order chi connectivity index (χ0) is 13.8. The minimum Gasteiger partial charge on any atom is -0.493 e. The van der Waals surface area contributed by atoms with Crippen molar-refractivity contribution >= 4 is 5.97 Å². The second kappa shape index (κ2) is 5.93. The Kier molecular flexibility index (Phi) is 4.27. The molecule has 1 saturated heterocycles. The van der Waals surface area contributed by atoms with E-state index in [2.05, 4.69) is 11.9 Å². The number of carbonyl (C=O) groups is 1. The van der Waals surface area contributed by atoms with Crippen molar-refractivity contribution in [1.29, 1.82) is 0 Å². The van der Waals surface area contributed by atoms with Gasteiger partial charge in [0.15, 0.2) is 11.5 Å². The number of ether oxygens (including phenoxy) is 2. The first-order valence-corrected chi connectivity index (χ1v) is 6.33. The van der Waals surface area contributed by atoms with Gasteiger partial charge in [-0.1, -0.05) is 12.1 Å². The molecular formula is C14H19NO4. The predicted molar refractivity (Wildman–Crippen MR) is 70.9 cm³/mol. The minimum absolute atomic E-state index is 0.0645. The molecule has 1 heterocycles. The van der Waals surface area contributed by atoms with E-state index in [1.165, 1.54) is 7.11 Å². The molecular weight excluding hydrogens is 246 g/mol. The molecule has 2 rings (SSSR count). The lowest BCUT2D eigenvalue weighted by Crippen LogP contribution is -2.21. The fourth-order valence-electron chi connectivity index (χ4n) is 2.36. The number of aliphatic carboxylic acids is 1. The van der Waals surface area contributed by atoms with Gasteiger partial charge in [0, 0.05) is 18.7 Å². The van der Waals surface area contributed by atoms with E-state index in [1.807, 2.05) is 6.07 Å². The van der Waals surface area contributed by atoms with Gasteiger partial charge >= 0.3 is 5.97 Å². The Morgan fingerprint density at radius 3 is 2.89 bits per heavy atom. The van der Waals surface area contributed by atoms with Gasteiger partial charge in [0.25, 0.3) is 0 Å². The summed E-state index contributed by atoms with van der Waals surface area (Å²) in [5, 5.41) is 8.89. The third-order valence-corrected chi connectivity index (χ3v) is 3.25. The summed E-state index contributed by atoms with van der Waals surface area (Å²) in [6, 6.07) is 5.37. The van der Waals surface area contributed by atoms with E-state index >= 15 is 0 Å². The van der Waals surface area contributed by atoms with Gasteiger partial charge in [0.1, 0.15) is 6.10 Å². The van der Waals surface area contributed by atoms with Crippen LogP contribution in [-0.2, 0) is 11.2 Å². The molecule has 1 N–H and O–H groups in total. The molecule has 0 amide bonds. The highest BCUT2D eigenvalue weighted by Crippen LogP contribution is 2.33. The molecule has 104 valence electrons. The summed E-state index contributed by atoms with van der Waals surface area (Å²) in [6.07, 6.45) is 1.05. The normalized spacial score (nSPS) is 19.4. The number of hydrogen-bond donors (Lipinski definition) is 1. The molecule has 1 aliphatic rings. The van der Waals surface area contributed by atoms with E-state index in [9.17, 15) is 4.79 Å². The summed E-state index contributed by atoms with van der Waals surface area (Å²) in [5.41, 5.74) is 0.638. The highest BCUT2D eigenvalue weighted by molar-refractivity contribution is 5.72. The summed E-state index contributed by atoms with van der Waals surface area (Å²) in [7, 11) is 3.59. The Morgan fingerprint density at radius 1 is 1.53 bits per heavy atom. The van der Waals surface area contributed by atoms with Gasteiger partial charge in [0.05, 0.1) is 13.5 Å². The third kappa shape index (κ3) is 3.38. The summed E-state index contributed by atoms with van der Waals surface area (Å²) in [5.74, 6) is 0.275. The second-order valence-corrected chi connectivity index (χ2v) is 4.81. The smallest absolute Gasteiger partial charge is 0.307 e. The van der Waals surface area contributed by atoms with E-state index in [0.717, 1.165) is 19.5 Å². The average Bonchev–Trinajstić information content (AvgIpc) is 2.74. The number of likely N-dealkylation sites (N-methyl/N-ethyl adjacent to an activating group) is 1. The lowest BCUT2D eigenvalue weighted by atomic mass is 10.1. The Bertz CT molecular complexity index is 461. The number of carboxylic acid groups (broad SMARTS) is 1. The van der Waals surface area contributed by atoms with Gasteiger partial charge < -0.3 is 19.5 Å². The standard InChI is InChI=1S/C14H19NO4/c1-15-7-6-11(9-15)19-12-5-3-4-10(8-13(16)17)14(12)18-2/h3-5,11H,6-9H2,1-2H3,(H,16,17). The van der Waals surface area contributed by atoms with Crippen molar-refractivity contribution in [3.05, 3.63) is 23.8 Å². The monoisotopic (exact) mass is 265 g/mol. The number of carboxylic acids is 1. The molecule has 1 atom stereocenters. The average molecular weight is 265 g/mol. The summed E-state index contributed by atoms with van der Waals surface area (Å²) < 4.78 is 11.2. The van der Waals surface area contributed by atoms with Crippen LogP contribution in [-0.4, -0.2) is 49.3 Å². The molecule has 1 fully saturated rings. The fourth-order valence-corrected chi connectivity index (χ4v) is 2.36. The summed E-state index contributed by atoms with van der Waals surface area (Å²) in [4.78, 5) is 13.0. The molecule has 1 aromatic carbocycles. The Morgan fingerprint density at radius 2 is 2.32 bits per heavy atom. The van der Waals surface area contributed by atoms with E-state index in [4.69, 9.17) is 14.6 Å². The van der Waals surface area contributed by atoms with Gasteiger partial charge in [-0.2, -0.15) is 0 Å². The largest absolute Gasteiger partial charge is 0.493 e. The second-order valence-electron chi connectivity index (χ2n) is 4.81. The van der Waals surface area contributed by atoms with Crippen LogP contribution in [0.1, 0.15) is 12.0 Å². The first-order valence-electron chi connectivity index (χ1n) is 6.33. The molecule has 0 radical (unpaired) electrons. The lowest BCUT2D eigenvalue weighted by molar-refractivity contribution is -0.136. The topological polar surface area (TPSA) is 59.0 Å². The van der Waals surface area contributed by atoms with Crippen molar-refractivity contribution in [1.82, 2.24) is 4.90 Å². The van der Waals surface area contributed by atoms with E-state index < -0.39 is 5.97 Å². The van der Waals surface area contributed by atoms with Crippen LogP contribution in [0.5, 0.6) is 11.5 Å². The molecule has 0 bridgehead atoms. The summed E-state index contributed by atoms with van der Waals surface area (Å²) in [6.45, 7) is 1.90. The number of methoxy groups -OCH3 is 1. The Labute approximate surface area is 112 Å². The molecule has 0 aliphatic carbocycles. The number of likely N-dealkylation sites (tertiary alicyclic amines) is 1. The van der Waals surface area contributed by atoms with Gasteiger partial charge in [-0.15, -0.1) is 0 Å². The first-order chi connectivity index (χ1) is 9.10. The van der Waals surface area contributed by atoms with E-state index in [1.54, 1.807) is 12.1 Å². The molecule has 0 saturated carbocycles. The molecule has 5 heteroatoms. The molecule has 1 aromatic rings. The fraction of sp³-hybridized carbons (Fsp3) is 0.500. The van der Waals surface area contributed by atoms with Crippen LogP contribution in [0.15, 0.2) is 18.2 Å². The third-order valence-electron chi connectivity index (χ3n) is 3.25. The first kappa shape index (κ1) is 13.7. The number of benzene rings is 1. The summed E-state index contributed by atoms with van der Waals surface area (Å²) >= 11 is 0. The van der Waals surface area contributed by atoms with Gasteiger partial charge in [-0.25, -0.2) is 0 Å². The molecule has 19 heavy (non-hydrogen) atoms. The van der Waals surface area contributed by atoms with Crippen molar-refractivity contribution < 1.29 is 19.4 Å². The van der Waals surface area contributed by atoms with E-state index in [-0.39, 0.29) is 12.5 Å². The maximum atomic E-state index is 10.8. The van der Waals surface area contributed by atoms with Crippen LogP contribution in [0.2, 0.25) is 0 Å². The van der Waals surface area contributed by atoms with Crippen LogP contribution >= 0.6 is 0 Å². The molecule has 0 spiro atoms. The molecule has 1 aliphatic heterocycles. The quantitative estimate of drug-likeness (QED) is 0.872. The van der Waals surface area contributed by atoms with Gasteiger partial charge in [-0.3, -0.25) is 4.79 Å². The lowest BCUT2D eigenvalue weighted by Gasteiger charge is -2.17. The van der Waals surface area contributed by atoms with Crippen LogP contribution in [0, 0.1) is 0 Å². The zero-order valence-corrected chi connectivity index (χ0v) is 11.3. The van der Waals surface area contributed by atoms with Crippen molar-refractivity contribution in [3.8, 4) is 11.5 Å². The van der Waals surface area contributed by atoms with Crippen LogP contribution in [0.25, 0.3) is 0 Å². The van der Waals surface area contributed by atoms with Crippen molar-refractivity contribution in [3.63, 3.8) is 0 Å². The zero-order valence-electron chi connectivity index (χ0n) is 11.3. The highest BCUT2D eigenvalue weighted by Gasteiger charge is 2.23. The van der Waals surface area contributed by atoms with Crippen molar-refractivity contribution in [2.75, 3.05) is 27.2 Å². The molecule has 0 aromatic heterocycles. The van der Waals surface area contributed by atoms with Crippen molar-refractivity contribution in [2.24, 2.45) is 0 Å². The van der Waals surface area contributed by atoms with Crippen LogP contribution < -0.4 is 9.47 Å². The number of rotatable bonds is 5. The van der Waals surface area contributed by atoms with Gasteiger partial charge in [-0.05, 0) is 19.5 Å². The maximum absolute atomic E-state index is 10.8. The van der Waals surface area contributed by atoms with Crippen LogP contribution in [0.4, 0.5) is 0 Å². The Balaban J connectivity index is 2.17. The number of para-hydroxylation sites is 1.